The summed E-state index contributed by atoms with van der Waals surface area (Å²) in [6, 6.07) is 0.0549. The maximum absolute atomic E-state index is 12.9. The third-order valence-electron chi connectivity index (χ3n) is 4.51. The number of alkyl halides is 3. The number of aromatic nitrogens is 3. The Morgan fingerprint density at radius 1 is 1.15 bits per heavy atom. The summed E-state index contributed by atoms with van der Waals surface area (Å²) in [6.07, 6.45) is -0.724. The van der Waals surface area contributed by atoms with Crippen LogP contribution in [0.5, 0.6) is 0 Å². The van der Waals surface area contributed by atoms with Crippen molar-refractivity contribution in [1.82, 2.24) is 14.8 Å². The van der Waals surface area contributed by atoms with E-state index in [1.54, 1.807) is 0 Å². The van der Waals surface area contributed by atoms with Crippen LogP contribution < -0.4 is 5.73 Å². The van der Waals surface area contributed by atoms with Gasteiger partial charge >= 0.3 is 6.18 Å². The maximum Gasteiger partial charge on any atom is 0.391 e. The molecule has 3 atom stereocenters. The highest BCUT2D eigenvalue weighted by molar-refractivity contribution is 5.07. The Bertz CT molecular complexity index is 482. The van der Waals surface area contributed by atoms with Crippen LogP contribution in [0.4, 0.5) is 13.2 Å². The first kappa shape index (κ1) is 13.9. The van der Waals surface area contributed by atoms with Gasteiger partial charge in [0.1, 0.15) is 11.6 Å². The lowest BCUT2D eigenvalue weighted by Crippen LogP contribution is -2.34. The number of rotatable bonds is 1. The first-order valence-electron chi connectivity index (χ1n) is 7.19. The summed E-state index contributed by atoms with van der Waals surface area (Å²) in [5, 5.41) is 8.29. The molecule has 3 unspecified atom stereocenters. The second-order valence-electron chi connectivity index (χ2n) is 5.99. The van der Waals surface area contributed by atoms with Crippen LogP contribution in [0.15, 0.2) is 0 Å². The lowest BCUT2D eigenvalue weighted by molar-refractivity contribution is -0.183. The zero-order valence-electron chi connectivity index (χ0n) is 11.2. The third-order valence-corrected chi connectivity index (χ3v) is 4.51. The van der Waals surface area contributed by atoms with Gasteiger partial charge in [0.15, 0.2) is 0 Å². The van der Waals surface area contributed by atoms with Crippen molar-refractivity contribution in [3.8, 4) is 0 Å². The maximum atomic E-state index is 12.9. The molecular formula is C13H19F3N4. The molecule has 1 fully saturated rings. The Kier molecular flexibility index (Phi) is 3.48. The molecule has 2 aliphatic rings. The Morgan fingerprint density at radius 2 is 1.95 bits per heavy atom. The monoisotopic (exact) mass is 288 g/mol. The van der Waals surface area contributed by atoms with E-state index in [0.717, 1.165) is 25.1 Å². The lowest BCUT2D eigenvalue weighted by Gasteiger charge is -2.31. The lowest BCUT2D eigenvalue weighted by atomic mass is 9.80. The zero-order chi connectivity index (χ0) is 14.3. The highest BCUT2D eigenvalue weighted by atomic mass is 19.4. The minimum Gasteiger partial charge on any atom is -0.326 e. The number of nitrogens with zero attached hydrogens (tertiary/aromatic N) is 3. The summed E-state index contributed by atoms with van der Waals surface area (Å²) in [7, 11) is 0. The van der Waals surface area contributed by atoms with E-state index in [1.165, 1.54) is 0 Å². The topological polar surface area (TPSA) is 56.7 Å². The number of hydrogen-bond acceptors (Lipinski definition) is 3. The molecule has 1 aliphatic heterocycles. The van der Waals surface area contributed by atoms with Crippen molar-refractivity contribution >= 4 is 0 Å². The van der Waals surface area contributed by atoms with E-state index in [4.69, 9.17) is 5.73 Å². The van der Waals surface area contributed by atoms with Crippen molar-refractivity contribution < 1.29 is 13.2 Å². The van der Waals surface area contributed by atoms with Crippen molar-refractivity contribution in [2.75, 3.05) is 0 Å². The average Bonchev–Trinajstić information content (AvgIpc) is 2.81. The minimum atomic E-state index is -4.10. The summed E-state index contributed by atoms with van der Waals surface area (Å²) in [5.41, 5.74) is 5.95. The van der Waals surface area contributed by atoms with Gasteiger partial charge in [0, 0.05) is 24.9 Å². The molecule has 2 heterocycles. The van der Waals surface area contributed by atoms with Crippen LogP contribution in [0.2, 0.25) is 0 Å². The van der Waals surface area contributed by atoms with E-state index in [-0.39, 0.29) is 24.8 Å². The highest BCUT2D eigenvalue weighted by Crippen LogP contribution is 2.43. The normalized spacial score (nSPS) is 31.1. The van der Waals surface area contributed by atoms with Crippen molar-refractivity contribution in [2.24, 2.45) is 11.7 Å². The summed E-state index contributed by atoms with van der Waals surface area (Å²) in [5.74, 6) is 0.244. The van der Waals surface area contributed by atoms with Gasteiger partial charge < -0.3 is 10.3 Å². The summed E-state index contributed by atoms with van der Waals surface area (Å²) < 4.78 is 40.6. The first-order valence-corrected chi connectivity index (χ1v) is 7.19. The number of nitrogens with two attached hydrogens (primary N) is 1. The Labute approximate surface area is 115 Å². The fourth-order valence-corrected chi connectivity index (χ4v) is 3.40. The molecule has 0 spiro atoms. The van der Waals surface area contributed by atoms with Crippen LogP contribution >= 0.6 is 0 Å². The standard InChI is InChI=1S/C13H19F3N4/c14-13(15,16)9-3-1-2-8(6-9)12-19-18-11-5-4-10(17)7-20(11)12/h8-10H,1-7,17H2. The van der Waals surface area contributed by atoms with E-state index in [9.17, 15) is 13.2 Å². The molecule has 7 heteroatoms. The van der Waals surface area contributed by atoms with Crippen molar-refractivity contribution in [3.05, 3.63) is 11.6 Å². The van der Waals surface area contributed by atoms with Gasteiger partial charge in [-0.25, -0.2) is 0 Å². The van der Waals surface area contributed by atoms with Gasteiger partial charge in [-0.15, -0.1) is 10.2 Å². The molecule has 20 heavy (non-hydrogen) atoms. The predicted molar refractivity (Wildman–Crippen MR) is 67.1 cm³/mol. The SMILES string of the molecule is NC1CCc2nnc(C3CCCC(C(F)(F)F)C3)n2C1. The van der Waals surface area contributed by atoms with E-state index >= 15 is 0 Å². The number of fused-ring (bicyclic) bond motifs is 1. The van der Waals surface area contributed by atoms with Gasteiger partial charge in [0.25, 0.3) is 0 Å². The first-order chi connectivity index (χ1) is 9.45. The molecule has 1 aromatic rings. The summed E-state index contributed by atoms with van der Waals surface area (Å²) >= 11 is 0. The van der Waals surface area contributed by atoms with Crippen LogP contribution in [0.25, 0.3) is 0 Å². The Balaban J connectivity index is 1.81. The van der Waals surface area contributed by atoms with Gasteiger partial charge in [0.2, 0.25) is 0 Å². The second-order valence-corrected chi connectivity index (χ2v) is 5.99. The minimum absolute atomic E-state index is 0.0549. The van der Waals surface area contributed by atoms with Gasteiger partial charge in [0.05, 0.1) is 5.92 Å². The smallest absolute Gasteiger partial charge is 0.326 e. The average molecular weight is 288 g/mol. The van der Waals surface area contributed by atoms with E-state index < -0.39 is 12.1 Å². The molecule has 1 saturated carbocycles. The molecule has 112 valence electrons. The summed E-state index contributed by atoms with van der Waals surface area (Å²) in [4.78, 5) is 0. The molecule has 0 bridgehead atoms. The van der Waals surface area contributed by atoms with Crippen molar-refractivity contribution in [1.29, 1.82) is 0 Å². The van der Waals surface area contributed by atoms with E-state index in [0.29, 0.717) is 18.8 Å². The molecular weight excluding hydrogens is 269 g/mol. The molecule has 1 aliphatic carbocycles. The van der Waals surface area contributed by atoms with Gasteiger partial charge in [-0.1, -0.05) is 6.42 Å². The molecule has 0 saturated heterocycles. The van der Waals surface area contributed by atoms with Gasteiger partial charge in [-0.05, 0) is 25.7 Å². The summed E-state index contributed by atoms with van der Waals surface area (Å²) in [6.45, 7) is 0.630. The fraction of sp³-hybridized carbons (Fsp3) is 0.846. The Hall–Kier alpha value is -1.11. The van der Waals surface area contributed by atoms with Gasteiger partial charge in [-0.2, -0.15) is 13.2 Å². The zero-order valence-corrected chi connectivity index (χ0v) is 11.2. The molecule has 3 rings (SSSR count). The molecule has 4 nitrogen and oxygen atoms in total. The predicted octanol–water partition coefficient (Wildman–Crippen LogP) is 2.39. The van der Waals surface area contributed by atoms with Crippen LogP contribution in [0.3, 0.4) is 0 Å². The Morgan fingerprint density at radius 3 is 2.70 bits per heavy atom. The van der Waals surface area contributed by atoms with Crippen molar-refractivity contribution in [2.45, 2.75) is 63.2 Å². The van der Waals surface area contributed by atoms with Gasteiger partial charge in [-0.3, -0.25) is 0 Å². The van der Waals surface area contributed by atoms with E-state index in [2.05, 4.69) is 10.2 Å². The van der Waals surface area contributed by atoms with Crippen LogP contribution in [0, 0.1) is 5.92 Å². The highest BCUT2D eigenvalue weighted by Gasteiger charge is 2.43. The molecule has 0 radical (unpaired) electrons. The van der Waals surface area contributed by atoms with Crippen LogP contribution in [-0.2, 0) is 13.0 Å². The molecule has 1 aromatic heterocycles. The third kappa shape index (κ3) is 2.55. The molecule has 2 N–H and O–H groups in total. The van der Waals surface area contributed by atoms with Crippen LogP contribution in [0.1, 0.15) is 49.7 Å². The van der Waals surface area contributed by atoms with Crippen LogP contribution in [-0.4, -0.2) is 27.0 Å². The quantitative estimate of drug-likeness (QED) is 0.863. The number of halogens is 3. The molecule has 0 aromatic carbocycles. The molecule has 0 amide bonds. The second kappa shape index (κ2) is 5.02. The largest absolute Gasteiger partial charge is 0.391 e. The number of hydrogen-bond donors (Lipinski definition) is 1. The van der Waals surface area contributed by atoms with Crippen molar-refractivity contribution in [3.63, 3.8) is 0 Å². The van der Waals surface area contributed by atoms with E-state index in [1.807, 2.05) is 4.57 Å². The fourth-order valence-electron chi connectivity index (χ4n) is 3.40. The number of aryl methyl sites for hydroxylation is 1.